The first-order chi connectivity index (χ1) is 7.55. The molecule has 3 N–H and O–H groups in total. The second-order valence-corrected chi connectivity index (χ2v) is 5.66. The van der Waals surface area contributed by atoms with Gasteiger partial charge in [0.15, 0.2) is 0 Å². The highest BCUT2D eigenvalue weighted by molar-refractivity contribution is 5.82. The molecule has 0 aromatic rings. The van der Waals surface area contributed by atoms with Crippen molar-refractivity contribution in [1.82, 2.24) is 4.90 Å². The van der Waals surface area contributed by atoms with Crippen molar-refractivity contribution in [2.24, 2.45) is 11.7 Å². The fourth-order valence-corrected chi connectivity index (χ4v) is 1.38. The molecule has 0 aliphatic heterocycles. The van der Waals surface area contributed by atoms with Gasteiger partial charge in [-0.05, 0) is 26.7 Å². The third-order valence-corrected chi connectivity index (χ3v) is 2.67. The Labute approximate surface area is 103 Å². The Morgan fingerprint density at radius 3 is 2.06 bits per heavy atom. The van der Waals surface area contributed by atoms with Gasteiger partial charge in [0.05, 0.1) is 0 Å². The van der Waals surface area contributed by atoms with Crippen molar-refractivity contribution < 1.29 is 14.7 Å². The van der Waals surface area contributed by atoms with E-state index >= 15 is 0 Å². The molecule has 0 saturated heterocycles. The van der Waals surface area contributed by atoms with Crippen LogP contribution in [0.3, 0.4) is 0 Å². The molecule has 0 aliphatic rings. The first kappa shape index (κ1) is 15.9. The van der Waals surface area contributed by atoms with Crippen LogP contribution in [0.1, 0.15) is 41.0 Å². The summed E-state index contributed by atoms with van der Waals surface area (Å²) < 4.78 is 0. The first-order valence-electron chi connectivity index (χ1n) is 5.83. The van der Waals surface area contributed by atoms with Gasteiger partial charge >= 0.3 is 5.97 Å². The number of amides is 1. The summed E-state index contributed by atoms with van der Waals surface area (Å²) in [5.41, 5.74) is 5.33. The number of rotatable bonds is 5. The molecule has 0 heterocycles. The highest BCUT2D eigenvalue weighted by Crippen LogP contribution is 2.16. The zero-order chi connectivity index (χ0) is 13.8. The molecule has 0 aromatic heterocycles. The maximum Gasteiger partial charge on any atom is 0.323 e. The largest absolute Gasteiger partial charge is 0.480 e. The van der Waals surface area contributed by atoms with Crippen molar-refractivity contribution >= 4 is 11.9 Å². The van der Waals surface area contributed by atoms with E-state index in [-0.39, 0.29) is 30.8 Å². The van der Waals surface area contributed by atoms with Gasteiger partial charge in [-0.25, -0.2) is 0 Å². The van der Waals surface area contributed by atoms with E-state index in [2.05, 4.69) is 0 Å². The lowest BCUT2D eigenvalue weighted by atomic mass is 9.99. The van der Waals surface area contributed by atoms with Gasteiger partial charge < -0.3 is 15.7 Å². The second-order valence-electron chi connectivity index (χ2n) is 5.66. The molecule has 0 bridgehead atoms. The molecular weight excluding hydrogens is 220 g/mol. The lowest BCUT2D eigenvalue weighted by molar-refractivity contribution is -0.148. The summed E-state index contributed by atoms with van der Waals surface area (Å²) in [6.07, 6.45) is 0.183. The highest BCUT2D eigenvalue weighted by atomic mass is 16.4. The van der Waals surface area contributed by atoms with Gasteiger partial charge in [0, 0.05) is 18.0 Å². The van der Waals surface area contributed by atoms with E-state index in [1.54, 1.807) is 0 Å². The van der Waals surface area contributed by atoms with Crippen LogP contribution in [-0.4, -0.2) is 40.0 Å². The van der Waals surface area contributed by atoms with Gasteiger partial charge in [0.1, 0.15) is 6.54 Å². The number of hydrogen-bond donors (Lipinski definition) is 2. The summed E-state index contributed by atoms with van der Waals surface area (Å²) in [6.45, 7) is 9.04. The van der Waals surface area contributed by atoms with E-state index in [1.807, 2.05) is 34.6 Å². The maximum absolute atomic E-state index is 12.0. The van der Waals surface area contributed by atoms with E-state index < -0.39 is 11.5 Å². The molecule has 1 amide bonds. The quantitative estimate of drug-likeness (QED) is 0.757. The van der Waals surface area contributed by atoms with E-state index in [1.165, 1.54) is 4.90 Å². The number of carbonyl (C=O) groups is 2. The van der Waals surface area contributed by atoms with Gasteiger partial charge in [-0.2, -0.15) is 0 Å². The number of nitrogens with two attached hydrogens (primary N) is 1. The molecule has 0 aliphatic carbocycles. The Morgan fingerprint density at radius 2 is 1.76 bits per heavy atom. The van der Waals surface area contributed by atoms with E-state index in [4.69, 9.17) is 10.8 Å². The molecule has 1 unspecified atom stereocenters. The average Bonchev–Trinajstić information content (AvgIpc) is 2.11. The number of hydrogen-bond acceptors (Lipinski definition) is 3. The third kappa shape index (κ3) is 5.68. The molecule has 0 spiro atoms. The molecule has 0 saturated carbocycles. The van der Waals surface area contributed by atoms with Gasteiger partial charge in [-0.15, -0.1) is 0 Å². The van der Waals surface area contributed by atoms with Crippen LogP contribution in [0.15, 0.2) is 0 Å². The minimum atomic E-state index is -1.01. The Bertz CT molecular complexity index is 282. The van der Waals surface area contributed by atoms with E-state index in [0.717, 1.165) is 0 Å². The zero-order valence-electron chi connectivity index (χ0n) is 11.4. The standard InChI is InChI=1S/C12H24N2O3/c1-8(2)9(13)6-10(15)14(7-11(16)17)12(3,4)5/h8-9H,6-7,13H2,1-5H3,(H,16,17). The minimum absolute atomic E-state index is 0.183. The molecule has 0 rings (SSSR count). The van der Waals surface area contributed by atoms with Gasteiger partial charge in [0.25, 0.3) is 0 Å². The highest BCUT2D eigenvalue weighted by Gasteiger charge is 2.29. The Kier molecular flexibility index (Phi) is 5.61. The van der Waals surface area contributed by atoms with Crippen molar-refractivity contribution in [3.05, 3.63) is 0 Å². The van der Waals surface area contributed by atoms with Crippen LogP contribution >= 0.6 is 0 Å². The first-order valence-corrected chi connectivity index (χ1v) is 5.83. The summed E-state index contributed by atoms with van der Waals surface area (Å²) in [6, 6.07) is -0.235. The number of carbonyl (C=O) groups excluding carboxylic acids is 1. The number of carboxylic acid groups (broad SMARTS) is 1. The fraction of sp³-hybridized carbons (Fsp3) is 0.833. The average molecular weight is 244 g/mol. The van der Waals surface area contributed by atoms with Crippen molar-refractivity contribution in [3.63, 3.8) is 0 Å². The fourth-order valence-electron chi connectivity index (χ4n) is 1.38. The smallest absolute Gasteiger partial charge is 0.323 e. The van der Waals surface area contributed by atoms with Gasteiger partial charge in [-0.3, -0.25) is 9.59 Å². The summed E-state index contributed by atoms with van der Waals surface area (Å²) in [4.78, 5) is 24.1. The van der Waals surface area contributed by atoms with E-state index in [9.17, 15) is 9.59 Å². The molecule has 5 heteroatoms. The van der Waals surface area contributed by atoms with Crippen LogP contribution in [0.4, 0.5) is 0 Å². The number of nitrogens with zero attached hydrogens (tertiary/aromatic N) is 1. The minimum Gasteiger partial charge on any atom is -0.480 e. The van der Waals surface area contributed by atoms with Crippen LogP contribution in [0.2, 0.25) is 0 Å². The Hall–Kier alpha value is -1.10. The lowest BCUT2D eigenvalue weighted by Crippen LogP contribution is -2.50. The summed E-state index contributed by atoms with van der Waals surface area (Å²) >= 11 is 0. The van der Waals surface area contributed by atoms with Gasteiger partial charge in [-0.1, -0.05) is 13.8 Å². The summed E-state index contributed by atoms with van der Waals surface area (Å²) in [5, 5.41) is 8.81. The van der Waals surface area contributed by atoms with Crippen LogP contribution in [0.5, 0.6) is 0 Å². The molecule has 100 valence electrons. The molecule has 0 radical (unpaired) electrons. The molecule has 0 fully saturated rings. The maximum atomic E-state index is 12.0. The van der Waals surface area contributed by atoms with Gasteiger partial charge in [0.2, 0.25) is 5.91 Å². The van der Waals surface area contributed by atoms with Crippen molar-refractivity contribution in [1.29, 1.82) is 0 Å². The number of aliphatic carboxylic acids is 1. The second kappa shape index (κ2) is 6.00. The topological polar surface area (TPSA) is 83.6 Å². The normalized spacial score (nSPS) is 13.6. The SMILES string of the molecule is CC(C)C(N)CC(=O)N(CC(=O)O)C(C)(C)C. The summed E-state index contributed by atoms with van der Waals surface area (Å²) in [5.74, 6) is -1.02. The molecule has 0 aromatic carbocycles. The van der Waals surface area contributed by atoms with Crippen LogP contribution < -0.4 is 5.73 Å². The Morgan fingerprint density at radius 1 is 1.29 bits per heavy atom. The third-order valence-electron chi connectivity index (χ3n) is 2.67. The Balaban J connectivity index is 4.71. The van der Waals surface area contributed by atoms with Crippen molar-refractivity contribution in [2.45, 2.75) is 52.6 Å². The predicted molar refractivity (Wildman–Crippen MR) is 66.5 cm³/mol. The monoisotopic (exact) mass is 244 g/mol. The van der Waals surface area contributed by atoms with Crippen molar-refractivity contribution in [2.75, 3.05) is 6.54 Å². The molecule has 1 atom stereocenters. The molecule has 17 heavy (non-hydrogen) atoms. The molecular formula is C12H24N2O3. The van der Waals surface area contributed by atoms with Crippen LogP contribution in [0.25, 0.3) is 0 Å². The van der Waals surface area contributed by atoms with Crippen LogP contribution in [0, 0.1) is 5.92 Å². The lowest BCUT2D eigenvalue weighted by Gasteiger charge is -2.35. The van der Waals surface area contributed by atoms with E-state index in [0.29, 0.717) is 0 Å². The summed E-state index contributed by atoms with van der Waals surface area (Å²) in [7, 11) is 0. The van der Waals surface area contributed by atoms with Crippen molar-refractivity contribution in [3.8, 4) is 0 Å². The predicted octanol–water partition coefficient (Wildman–Crippen LogP) is 1.07. The van der Waals surface area contributed by atoms with Crippen LogP contribution in [-0.2, 0) is 9.59 Å². The molecule has 5 nitrogen and oxygen atoms in total. The zero-order valence-corrected chi connectivity index (χ0v) is 11.4. The number of carboxylic acids is 1.